The Morgan fingerprint density at radius 1 is 1.00 bits per heavy atom. The predicted octanol–water partition coefficient (Wildman–Crippen LogP) is 2.71. The Kier molecular flexibility index (Phi) is 5.69. The Bertz CT molecular complexity index is 1080. The van der Waals surface area contributed by atoms with Gasteiger partial charge < -0.3 is 4.90 Å². The highest BCUT2D eigenvalue weighted by atomic mass is 32.3. The first-order chi connectivity index (χ1) is 14.4. The molecule has 1 heterocycles. The van der Waals surface area contributed by atoms with Crippen LogP contribution in [0.15, 0.2) is 70.5 Å². The molecule has 1 aliphatic rings. The van der Waals surface area contributed by atoms with Crippen LogP contribution in [0.3, 0.4) is 0 Å². The topological polar surface area (TPSA) is 91.8 Å². The van der Waals surface area contributed by atoms with Gasteiger partial charge in [0.15, 0.2) is 0 Å². The average molecular weight is 452 g/mol. The Labute approximate surface area is 179 Å². The molecule has 9 heteroatoms. The molecule has 30 heavy (non-hydrogen) atoms. The molecule has 0 radical (unpaired) electrons. The lowest BCUT2D eigenvalue weighted by Crippen LogP contribution is -2.47. The summed E-state index contributed by atoms with van der Waals surface area (Å²) >= 11 is 0. The van der Waals surface area contributed by atoms with Gasteiger partial charge in [-0.3, -0.25) is 4.79 Å². The summed E-state index contributed by atoms with van der Waals surface area (Å²) in [5.74, 6) is -0.331. The molecule has 0 saturated carbocycles. The molecular weight excluding hydrogens is 424 g/mol. The van der Waals surface area contributed by atoms with Gasteiger partial charge in [0.25, 0.3) is 20.0 Å². The largest absolute Gasteiger partial charge is 0.338 e. The van der Waals surface area contributed by atoms with Gasteiger partial charge in [0.1, 0.15) is 0 Å². The van der Waals surface area contributed by atoms with Gasteiger partial charge in [0.2, 0.25) is 5.91 Å². The number of amides is 1. The fourth-order valence-electron chi connectivity index (χ4n) is 3.62. The maximum atomic E-state index is 13.5. The number of carbonyl (C=O) groups is 1. The molecule has 2 aromatic rings. The summed E-state index contributed by atoms with van der Waals surface area (Å²) in [6.07, 6.45) is 0.297. The molecule has 162 valence electrons. The highest BCUT2D eigenvalue weighted by molar-refractivity contribution is 8.04. The summed E-state index contributed by atoms with van der Waals surface area (Å²) in [5.41, 5.74) is -0.381. The minimum atomic E-state index is -4.61. The third kappa shape index (κ3) is 4.43. The summed E-state index contributed by atoms with van der Waals surface area (Å²) in [5, 5.41) is 0. The highest BCUT2D eigenvalue weighted by Gasteiger charge is 2.45. The van der Waals surface area contributed by atoms with Gasteiger partial charge in [-0.2, -0.15) is 0 Å². The number of likely N-dealkylation sites (tertiary alicyclic amines) is 1. The van der Waals surface area contributed by atoms with Crippen molar-refractivity contribution in [3.63, 3.8) is 0 Å². The highest BCUT2D eigenvalue weighted by Crippen LogP contribution is 2.36. The third-order valence-electron chi connectivity index (χ3n) is 5.01. The number of hydrogen-bond donors (Lipinski definition) is 0. The van der Waals surface area contributed by atoms with E-state index < -0.39 is 32.6 Å². The van der Waals surface area contributed by atoms with Crippen LogP contribution in [0.1, 0.15) is 28.6 Å². The summed E-state index contributed by atoms with van der Waals surface area (Å²) in [7, 11) is -9.22. The average Bonchev–Trinajstić information content (AvgIpc) is 3.05. The first-order valence-corrected chi connectivity index (χ1v) is 12.4. The first kappa shape index (κ1) is 21.0. The Morgan fingerprint density at radius 2 is 1.43 bits per heavy atom. The molecule has 1 aliphatic heterocycles. The van der Waals surface area contributed by atoms with E-state index in [0.717, 1.165) is 0 Å². The molecule has 1 saturated heterocycles. The molecule has 0 bridgehead atoms. The fraction of sp³-hybridized carbons (Fsp3) is 0.381. The molecule has 0 aliphatic carbocycles. The molecule has 0 spiro atoms. The van der Waals surface area contributed by atoms with Gasteiger partial charge in [-0.1, -0.05) is 54.0 Å². The van der Waals surface area contributed by atoms with Crippen LogP contribution in [0.4, 0.5) is 0 Å². The standard InChI is InChI=1S/C21H26N2O5S2/c1-17(24)22-16-21(2,3)14-18(22)15-23(29(25,26)19-10-6-4-7-11-19)30(27,28)20-12-8-5-9-13-20/h4-13,18H,14-16H2,1-3H3/t18-/m1/s1/i15D/t15-,18-. The van der Waals surface area contributed by atoms with E-state index in [4.69, 9.17) is 1.37 Å². The van der Waals surface area contributed by atoms with E-state index in [1.165, 1.54) is 60.4 Å². The summed E-state index contributed by atoms with van der Waals surface area (Å²) in [6, 6.07) is 13.4. The first-order valence-electron chi connectivity index (χ1n) is 10.0. The summed E-state index contributed by atoms with van der Waals surface area (Å²) < 4.78 is 63.1. The van der Waals surface area contributed by atoms with Gasteiger partial charge in [-0.05, 0) is 36.1 Å². The zero-order valence-electron chi connectivity index (χ0n) is 18.1. The quantitative estimate of drug-likeness (QED) is 0.673. The van der Waals surface area contributed by atoms with Crippen molar-refractivity contribution in [2.75, 3.05) is 13.1 Å². The Morgan fingerprint density at radius 3 is 1.83 bits per heavy atom. The minimum absolute atomic E-state index is 0.238. The molecular formula is C21H26N2O5S2. The summed E-state index contributed by atoms with van der Waals surface area (Å²) in [6.45, 7) is 3.70. The number of carbonyl (C=O) groups excluding carboxylic acids is 1. The van der Waals surface area contributed by atoms with Crippen molar-refractivity contribution in [1.82, 2.24) is 8.61 Å². The number of benzene rings is 2. The molecule has 2 aromatic carbocycles. The molecule has 2 atom stereocenters. The minimum Gasteiger partial charge on any atom is -0.338 e. The zero-order valence-corrected chi connectivity index (χ0v) is 18.7. The lowest BCUT2D eigenvalue weighted by Gasteiger charge is -2.29. The van der Waals surface area contributed by atoms with Crippen LogP contribution in [0.25, 0.3) is 0 Å². The van der Waals surface area contributed by atoms with E-state index in [0.29, 0.717) is 13.0 Å². The monoisotopic (exact) mass is 451 g/mol. The predicted molar refractivity (Wildman–Crippen MR) is 114 cm³/mol. The van der Waals surface area contributed by atoms with E-state index in [9.17, 15) is 21.6 Å². The van der Waals surface area contributed by atoms with Gasteiger partial charge in [0.05, 0.1) is 16.3 Å². The molecule has 1 fully saturated rings. The normalized spacial score (nSPS) is 20.7. The molecule has 0 N–H and O–H groups in total. The molecule has 0 aromatic heterocycles. The molecule has 7 nitrogen and oxygen atoms in total. The second-order valence-electron chi connectivity index (χ2n) is 8.09. The van der Waals surface area contributed by atoms with Gasteiger partial charge >= 0.3 is 0 Å². The van der Waals surface area contributed by atoms with Crippen LogP contribution in [0.5, 0.6) is 0 Å². The third-order valence-corrected chi connectivity index (χ3v) is 9.12. The van der Waals surface area contributed by atoms with Crippen molar-refractivity contribution in [1.29, 1.82) is 0 Å². The van der Waals surface area contributed by atoms with Crippen LogP contribution < -0.4 is 0 Å². The van der Waals surface area contributed by atoms with E-state index in [2.05, 4.69) is 0 Å². The van der Waals surface area contributed by atoms with Crippen LogP contribution >= 0.6 is 0 Å². The van der Waals surface area contributed by atoms with Crippen LogP contribution in [0.2, 0.25) is 0 Å². The van der Waals surface area contributed by atoms with Gasteiger partial charge in [-0.25, -0.2) is 16.8 Å². The maximum Gasteiger partial charge on any atom is 0.256 e. The van der Waals surface area contributed by atoms with Crippen molar-refractivity contribution in [3.8, 4) is 0 Å². The Hall–Kier alpha value is -2.23. The van der Waals surface area contributed by atoms with Crippen LogP contribution in [-0.2, 0) is 24.8 Å². The number of sulfonamides is 2. The second-order valence-corrected chi connectivity index (χ2v) is 12.0. The van der Waals surface area contributed by atoms with E-state index >= 15 is 0 Å². The zero-order chi connectivity index (χ0) is 23.0. The number of nitrogens with zero attached hydrogens (tertiary/aromatic N) is 2. The molecule has 3 rings (SSSR count). The summed E-state index contributed by atoms with van der Waals surface area (Å²) in [4.78, 5) is 13.2. The van der Waals surface area contributed by atoms with Crippen molar-refractivity contribution < 1.29 is 23.0 Å². The number of rotatable bonds is 6. The van der Waals surface area contributed by atoms with Crippen molar-refractivity contribution in [2.24, 2.45) is 5.41 Å². The van der Waals surface area contributed by atoms with Gasteiger partial charge in [0, 0.05) is 20.9 Å². The second kappa shape index (κ2) is 8.13. The van der Waals surface area contributed by atoms with Crippen LogP contribution in [-0.4, -0.2) is 50.5 Å². The van der Waals surface area contributed by atoms with Crippen molar-refractivity contribution in [3.05, 3.63) is 60.7 Å². The molecule has 0 unspecified atom stereocenters. The number of hydrogen-bond acceptors (Lipinski definition) is 5. The van der Waals surface area contributed by atoms with E-state index in [1.54, 1.807) is 12.1 Å². The fourth-order valence-corrected chi connectivity index (χ4v) is 7.19. The SMILES string of the molecule is [2H][C@H]([C@H]1CC(C)(C)CN1C(C)=O)N(S(=O)(=O)c1ccccc1)S(=O)(=O)c1ccccc1. The smallest absolute Gasteiger partial charge is 0.256 e. The molecule has 1 amide bonds. The Balaban J connectivity index is 2.18. The van der Waals surface area contributed by atoms with Crippen molar-refractivity contribution in [2.45, 2.75) is 43.0 Å². The lowest BCUT2D eigenvalue weighted by atomic mass is 9.91. The van der Waals surface area contributed by atoms with Gasteiger partial charge in [-0.15, -0.1) is 0 Å². The van der Waals surface area contributed by atoms with E-state index in [-0.39, 0.29) is 24.8 Å². The van der Waals surface area contributed by atoms with Crippen LogP contribution in [0, 0.1) is 5.41 Å². The van der Waals surface area contributed by atoms with E-state index in [1.807, 2.05) is 13.8 Å². The van der Waals surface area contributed by atoms with Crippen molar-refractivity contribution >= 4 is 26.0 Å². The maximum absolute atomic E-state index is 13.5. The lowest BCUT2D eigenvalue weighted by molar-refractivity contribution is -0.129.